The minimum atomic E-state index is -0.617. The Kier molecular flexibility index (Phi) is 11.7. The average Bonchev–Trinajstić information content (AvgIpc) is 3.70. The van der Waals surface area contributed by atoms with Crippen LogP contribution in [-0.4, -0.2) is 43.4 Å². The molecule has 2 saturated heterocycles. The van der Waals surface area contributed by atoms with E-state index in [0.29, 0.717) is 0 Å². The predicted octanol–water partition coefficient (Wildman–Crippen LogP) is 13.0. The van der Waals surface area contributed by atoms with Crippen LogP contribution in [0.1, 0.15) is 119 Å². The molecule has 0 spiro atoms. The second-order valence-electron chi connectivity index (χ2n) is 25.4. The maximum atomic E-state index is 6.80. The summed E-state index contributed by atoms with van der Waals surface area (Å²) in [7, 11) is -1.23. The molecule has 4 aliphatic heterocycles. The van der Waals surface area contributed by atoms with Gasteiger partial charge in [-0.05, 0) is 203 Å². The van der Waals surface area contributed by atoms with Gasteiger partial charge in [-0.2, -0.15) is 0 Å². The van der Waals surface area contributed by atoms with E-state index in [-0.39, 0.29) is 17.5 Å². The zero-order valence-corrected chi connectivity index (χ0v) is 46.6. The molecule has 4 heterocycles. The van der Waals surface area contributed by atoms with Gasteiger partial charge in [-0.3, -0.25) is 0 Å². The van der Waals surface area contributed by atoms with Gasteiger partial charge in [0.05, 0.1) is 22.4 Å². The lowest BCUT2D eigenvalue weighted by atomic mass is 9.33. The topological polar surface area (TPSA) is 46.6 Å². The van der Waals surface area contributed by atoms with Crippen LogP contribution in [0.2, 0.25) is 0 Å². The lowest BCUT2D eigenvalue weighted by molar-refractivity contribution is 0.00578. The largest absolute Gasteiger partial charge is 0.494 e. The highest BCUT2D eigenvalue weighted by molar-refractivity contribution is 7.00. The summed E-state index contributed by atoms with van der Waals surface area (Å²) in [4.78, 5) is 7.40. The molecular weight excluding hydrogens is 907 g/mol. The summed E-state index contributed by atoms with van der Waals surface area (Å²) in [5.74, 6) is 0. The fourth-order valence-electron chi connectivity index (χ4n) is 11.1. The monoisotopic (exact) mass is 980 g/mol. The van der Waals surface area contributed by atoms with Crippen molar-refractivity contribution in [1.82, 2.24) is 0 Å². The van der Waals surface area contributed by atoms with E-state index in [1.807, 2.05) is 0 Å². The van der Waals surface area contributed by atoms with E-state index in [1.165, 1.54) is 55.7 Å². The van der Waals surface area contributed by atoms with Gasteiger partial charge in [0.2, 0.25) is 0 Å². The Labute approximate surface area is 442 Å². The number of hydrogen-bond donors (Lipinski definition) is 0. The molecule has 10 heteroatoms. The molecule has 0 aromatic heterocycles. The van der Waals surface area contributed by atoms with Gasteiger partial charge >= 0.3 is 14.2 Å². The normalized spacial score (nSPS) is 18.1. The van der Waals surface area contributed by atoms with Gasteiger partial charge in [-0.1, -0.05) is 114 Å². The Morgan fingerprint density at radius 3 is 1.41 bits per heavy atom. The summed E-state index contributed by atoms with van der Waals surface area (Å²) in [6, 6.07) is 54.7. The maximum absolute atomic E-state index is 6.80. The molecule has 0 saturated carbocycles. The Hall–Kier alpha value is -6.03. The Morgan fingerprint density at radius 2 is 0.892 bits per heavy atom. The molecule has 2 fully saturated rings. The van der Waals surface area contributed by atoms with Crippen molar-refractivity contribution in [3.8, 4) is 0 Å². The molecule has 74 heavy (non-hydrogen) atoms. The number of para-hydroxylation sites is 1. The number of aryl methyl sites for hydroxylation is 2. The second kappa shape index (κ2) is 17.3. The highest BCUT2D eigenvalue weighted by atomic mass is 16.7. The number of fused-ring (bicyclic) bond motifs is 4. The summed E-state index contributed by atoms with van der Waals surface area (Å²) < 4.78 is 27.2. The van der Waals surface area contributed by atoms with Crippen molar-refractivity contribution in [2.75, 3.05) is 14.7 Å². The predicted molar refractivity (Wildman–Crippen MR) is 313 cm³/mol. The van der Waals surface area contributed by atoms with Crippen LogP contribution in [0.25, 0.3) is 0 Å². The van der Waals surface area contributed by atoms with Crippen LogP contribution >= 0.6 is 0 Å². The third kappa shape index (κ3) is 8.41. The van der Waals surface area contributed by atoms with Gasteiger partial charge in [-0.15, -0.1) is 0 Å². The molecule has 4 aliphatic rings. The summed E-state index contributed by atoms with van der Waals surface area (Å²) >= 11 is 0. The van der Waals surface area contributed by atoms with Crippen LogP contribution in [0, 0.1) is 13.8 Å². The van der Waals surface area contributed by atoms with Crippen LogP contribution in [0.5, 0.6) is 0 Å². The minimum absolute atomic E-state index is 0.0339. The van der Waals surface area contributed by atoms with Crippen LogP contribution in [-0.2, 0) is 29.4 Å². The lowest BCUT2D eigenvalue weighted by Gasteiger charge is -2.45. The summed E-state index contributed by atoms with van der Waals surface area (Å²) in [6.45, 7) is 35.0. The third-order valence-electron chi connectivity index (χ3n) is 16.9. The van der Waals surface area contributed by atoms with Crippen LogP contribution in [0.15, 0.2) is 146 Å². The number of nitrogens with zero attached hydrogens (tertiary/aromatic N) is 3. The molecule has 0 amide bonds. The number of benzene rings is 7. The Morgan fingerprint density at radius 1 is 0.405 bits per heavy atom. The number of rotatable bonds is 7. The first-order chi connectivity index (χ1) is 34.7. The van der Waals surface area contributed by atoms with Crippen molar-refractivity contribution in [3.63, 3.8) is 0 Å². The molecule has 0 unspecified atom stereocenters. The van der Waals surface area contributed by atoms with Crippen LogP contribution in [0.3, 0.4) is 0 Å². The first-order valence-electron chi connectivity index (χ1n) is 26.6. The highest BCUT2D eigenvalue weighted by Crippen LogP contribution is 2.48. The molecule has 11 rings (SSSR count). The lowest BCUT2D eigenvalue weighted by Crippen LogP contribution is -2.61. The smallest absolute Gasteiger partial charge is 0.399 e. The summed E-state index contributed by atoms with van der Waals surface area (Å²) in [5.41, 5.74) is 18.4. The van der Waals surface area contributed by atoms with Crippen molar-refractivity contribution in [2.24, 2.45) is 0 Å². The van der Waals surface area contributed by atoms with Gasteiger partial charge in [-0.25, -0.2) is 0 Å². The Bertz CT molecular complexity index is 3230. The molecule has 0 N–H and O–H groups in total. The van der Waals surface area contributed by atoms with Gasteiger partial charge in [0, 0.05) is 51.2 Å². The van der Waals surface area contributed by atoms with Crippen molar-refractivity contribution in [2.45, 2.75) is 144 Å². The van der Waals surface area contributed by atoms with E-state index in [4.69, 9.17) is 18.6 Å². The van der Waals surface area contributed by atoms with Gasteiger partial charge in [0.15, 0.2) is 0 Å². The molecule has 7 nitrogen and oxygen atoms in total. The molecule has 0 bridgehead atoms. The molecule has 376 valence electrons. The quantitative estimate of drug-likeness (QED) is 0.147. The number of anilines is 9. The number of hydrogen-bond acceptors (Lipinski definition) is 7. The van der Waals surface area contributed by atoms with Gasteiger partial charge < -0.3 is 33.3 Å². The SMILES string of the molecule is Cc1ccc(N2c3cc(N(c4ccccc4)c4cc(B5OC(C)(C)C(C)(C)O5)cc(B5OC(C)(C)C(C)(C)O5)c4)ccc3B3c4cc(C(C)(C)C)ccc4N(c4ccc(C(C)(C)C)cc4)c4cc(C)cc2c43)cc1. The van der Waals surface area contributed by atoms with E-state index in [9.17, 15) is 0 Å². The van der Waals surface area contributed by atoms with E-state index in [1.54, 1.807) is 0 Å². The van der Waals surface area contributed by atoms with Crippen molar-refractivity contribution >= 4 is 99.5 Å². The molecule has 0 radical (unpaired) electrons. The molecule has 0 aliphatic carbocycles. The zero-order valence-electron chi connectivity index (χ0n) is 46.6. The fraction of sp³-hybridized carbons (Fsp3) is 0.344. The van der Waals surface area contributed by atoms with Crippen molar-refractivity contribution in [1.29, 1.82) is 0 Å². The highest BCUT2D eigenvalue weighted by Gasteiger charge is 2.54. The first-order valence-corrected chi connectivity index (χ1v) is 26.6. The van der Waals surface area contributed by atoms with E-state index >= 15 is 0 Å². The van der Waals surface area contributed by atoms with Gasteiger partial charge in [0.25, 0.3) is 6.71 Å². The molecule has 7 aromatic carbocycles. The van der Waals surface area contributed by atoms with E-state index in [0.717, 1.165) is 45.0 Å². The molecule has 7 aromatic rings. The maximum Gasteiger partial charge on any atom is 0.494 e. The summed E-state index contributed by atoms with van der Waals surface area (Å²) in [6.07, 6.45) is 0. The first kappa shape index (κ1) is 50.1. The van der Waals surface area contributed by atoms with Gasteiger partial charge in [0.1, 0.15) is 0 Å². The standard InChI is InChI=1S/C64H72B3N3O4/c1-41-22-27-48(28-23-41)70-55-40-50(68(47-20-18-17-19-21-47)51-38-45(66-71-61(9,10)62(11,12)72-66)37-46(39-51)67-73-63(13,14)64(15,16)74-67)31-32-52(55)65-53-36-44(60(6,7)8)26-33-54(53)69(56-34-42(2)35-57(70)58(56)65)49-29-24-43(25-30-49)59(3,4)5/h17-40H,1-16H3. The van der Waals surface area contributed by atoms with Crippen molar-refractivity contribution < 1.29 is 18.6 Å². The fourth-order valence-corrected chi connectivity index (χ4v) is 11.1. The summed E-state index contributed by atoms with van der Waals surface area (Å²) in [5, 5.41) is 0. The van der Waals surface area contributed by atoms with E-state index in [2.05, 4.69) is 271 Å². The van der Waals surface area contributed by atoms with E-state index < -0.39 is 36.6 Å². The third-order valence-corrected chi connectivity index (χ3v) is 16.9. The Balaban J connectivity index is 1.16. The zero-order chi connectivity index (χ0) is 52.7. The molecule has 0 atom stereocenters. The van der Waals surface area contributed by atoms with Crippen molar-refractivity contribution in [3.05, 3.63) is 168 Å². The van der Waals surface area contributed by atoms with Crippen LogP contribution < -0.4 is 42.0 Å². The minimum Gasteiger partial charge on any atom is -0.399 e. The van der Waals surface area contributed by atoms with Crippen LogP contribution in [0.4, 0.5) is 51.2 Å². The average molecular weight is 980 g/mol. The molecular formula is C64H72B3N3O4. The second-order valence-corrected chi connectivity index (χ2v) is 25.4.